The lowest BCUT2D eigenvalue weighted by atomic mass is 10.1. The maximum absolute atomic E-state index is 12.5. The average molecular weight is 569 g/mol. The molecule has 1 aliphatic heterocycles. The third-order valence-corrected chi connectivity index (χ3v) is 7.04. The maximum Gasteiger partial charge on any atom is 0.326 e. The third-order valence-electron chi connectivity index (χ3n) is 7.04. The number of aryl methyl sites for hydroxylation is 2. The fourth-order valence-electron chi connectivity index (χ4n) is 4.86. The van der Waals surface area contributed by atoms with E-state index in [1.165, 1.54) is 11.9 Å². The normalized spacial score (nSPS) is 13.6. The Hall–Kier alpha value is -3.70. The van der Waals surface area contributed by atoms with Crippen molar-refractivity contribution >= 4 is 17.6 Å². The van der Waals surface area contributed by atoms with E-state index >= 15 is 0 Å². The summed E-state index contributed by atoms with van der Waals surface area (Å²) in [6, 6.07) is 12.9. The number of anilines is 2. The molecule has 3 heterocycles. The highest BCUT2D eigenvalue weighted by atomic mass is 19.3. The average Bonchev–Trinajstić information content (AvgIpc) is 2.99. The number of fused-ring (bicyclic) bond motifs is 1. The molecule has 0 radical (unpaired) electrons. The summed E-state index contributed by atoms with van der Waals surface area (Å²) in [4.78, 5) is 27.4. The number of alkyl halides is 2. The largest absolute Gasteiger partial charge is 0.480 e. The highest BCUT2D eigenvalue weighted by Crippen LogP contribution is 2.26. The second-order valence-electron chi connectivity index (χ2n) is 10.1. The summed E-state index contributed by atoms with van der Waals surface area (Å²) in [5.41, 5.74) is 3.89. The minimum atomic E-state index is -2.52. The highest BCUT2D eigenvalue weighted by molar-refractivity contribution is 5.81. The number of ether oxygens (including phenoxy) is 1. The summed E-state index contributed by atoms with van der Waals surface area (Å²) in [6.07, 6.45) is 5.58. The first-order valence-electron chi connectivity index (χ1n) is 14.2. The van der Waals surface area contributed by atoms with Gasteiger partial charge in [-0.05, 0) is 62.3 Å². The van der Waals surface area contributed by atoms with Gasteiger partial charge in [-0.2, -0.15) is 0 Å². The molecule has 1 aliphatic rings. The minimum Gasteiger partial charge on any atom is -0.480 e. The van der Waals surface area contributed by atoms with Crippen LogP contribution in [-0.4, -0.2) is 82.8 Å². The van der Waals surface area contributed by atoms with Crippen molar-refractivity contribution in [3.8, 4) is 11.1 Å². The molecule has 3 N–H and O–H groups in total. The molecule has 2 aromatic heterocycles. The molecule has 0 saturated carbocycles. The Labute approximate surface area is 239 Å². The van der Waals surface area contributed by atoms with Crippen molar-refractivity contribution in [3.05, 3.63) is 66.2 Å². The lowest BCUT2D eigenvalue weighted by molar-refractivity contribution is -0.138. The summed E-state index contributed by atoms with van der Waals surface area (Å²) in [6.45, 7) is 2.07. The van der Waals surface area contributed by atoms with Crippen LogP contribution in [0.15, 0.2) is 55.0 Å². The van der Waals surface area contributed by atoms with Crippen molar-refractivity contribution in [2.24, 2.45) is 0 Å². The summed E-state index contributed by atoms with van der Waals surface area (Å²) in [7, 11) is 0. The second kappa shape index (κ2) is 15.9. The van der Waals surface area contributed by atoms with Gasteiger partial charge in [0, 0.05) is 37.1 Å². The Kier molecular flexibility index (Phi) is 11.8. The van der Waals surface area contributed by atoms with Crippen LogP contribution in [0.25, 0.3) is 11.1 Å². The topological polar surface area (TPSA) is 112 Å². The van der Waals surface area contributed by atoms with E-state index in [4.69, 9.17) is 9.72 Å². The van der Waals surface area contributed by atoms with Crippen LogP contribution < -0.4 is 10.6 Å². The fraction of sp³-hybridized carbons (Fsp3) is 0.467. The molecule has 4 rings (SSSR count). The number of benzene rings is 1. The molecule has 0 bridgehead atoms. The van der Waals surface area contributed by atoms with Gasteiger partial charge in [0.15, 0.2) is 0 Å². The number of halogens is 2. The second-order valence-corrected chi connectivity index (χ2v) is 10.1. The predicted molar refractivity (Wildman–Crippen MR) is 154 cm³/mol. The molecular formula is C30H38F2N6O3. The van der Waals surface area contributed by atoms with Crippen molar-refractivity contribution in [2.45, 2.75) is 51.0 Å². The molecule has 0 spiro atoms. The van der Waals surface area contributed by atoms with E-state index in [2.05, 4.69) is 37.6 Å². The van der Waals surface area contributed by atoms with Gasteiger partial charge in [-0.25, -0.2) is 28.5 Å². The zero-order chi connectivity index (χ0) is 28.9. The van der Waals surface area contributed by atoms with Crippen molar-refractivity contribution in [3.63, 3.8) is 0 Å². The molecule has 0 unspecified atom stereocenters. The monoisotopic (exact) mass is 568 g/mol. The molecule has 0 fully saturated rings. The first-order chi connectivity index (χ1) is 20.0. The zero-order valence-electron chi connectivity index (χ0n) is 23.1. The first kappa shape index (κ1) is 30.3. The van der Waals surface area contributed by atoms with Gasteiger partial charge in [0.2, 0.25) is 0 Å². The van der Waals surface area contributed by atoms with Gasteiger partial charge < -0.3 is 25.4 Å². The van der Waals surface area contributed by atoms with E-state index < -0.39 is 25.0 Å². The summed E-state index contributed by atoms with van der Waals surface area (Å²) >= 11 is 0. The van der Waals surface area contributed by atoms with Crippen LogP contribution in [0, 0.1) is 0 Å². The van der Waals surface area contributed by atoms with Crippen LogP contribution >= 0.6 is 0 Å². The van der Waals surface area contributed by atoms with Crippen LogP contribution in [0.4, 0.5) is 20.4 Å². The highest BCUT2D eigenvalue weighted by Gasteiger charge is 2.21. The lowest BCUT2D eigenvalue weighted by Gasteiger charge is -2.25. The number of carboxylic acids is 1. The lowest BCUT2D eigenvalue weighted by Crippen LogP contribution is -2.37. The Morgan fingerprint density at radius 1 is 1.12 bits per heavy atom. The van der Waals surface area contributed by atoms with Crippen LogP contribution in [0.3, 0.4) is 0 Å². The SMILES string of the molecule is O=C(O)[C@H](CCN(CCCCc1ccc2c(n1)NCCC2)CCOCC(F)F)Nc1ncncc1-c1ccccc1. The molecule has 1 atom stereocenters. The third kappa shape index (κ3) is 9.72. The van der Waals surface area contributed by atoms with E-state index in [1.54, 1.807) is 6.20 Å². The van der Waals surface area contributed by atoms with Crippen LogP contribution in [0.1, 0.15) is 36.9 Å². The number of nitrogens with zero attached hydrogens (tertiary/aromatic N) is 4. The van der Waals surface area contributed by atoms with Gasteiger partial charge in [0.05, 0.1) is 6.61 Å². The van der Waals surface area contributed by atoms with E-state index in [9.17, 15) is 18.7 Å². The van der Waals surface area contributed by atoms with Crippen LogP contribution in [0.2, 0.25) is 0 Å². The first-order valence-corrected chi connectivity index (χ1v) is 14.2. The number of carboxylic acid groups (broad SMARTS) is 1. The fourth-order valence-corrected chi connectivity index (χ4v) is 4.86. The van der Waals surface area contributed by atoms with E-state index in [1.807, 2.05) is 30.3 Å². The minimum absolute atomic E-state index is 0.150. The summed E-state index contributed by atoms with van der Waals surface area (Å²) in [5, 5.41) is 16.4. The van der Waals surface area contributed by atoms with Crippen LogP contribution in [0.5, 0.6) is 0 Å². The number of nitrogens with one attached hydrogen (secondary N) is 2. The number of aromatic nitrogens is 3. The maximum atomic E-state index is 12.5. The molecule has 11 heteroatoms. The smallest absolute Gasteiger partial charge is 0.326 e. The number of rotatable bonds is 17. The van der Waals surface area contributed by atoms with E-state index in [0.29, 0.717) is 37.4 Å². The molecule has 220 valence electrons. The summed E-state index contributed by atoms with van der Waals surface area (Å²) < 4.78 is 30.2. The van der Waals surface area contributed by atoms with Gasteiger partial charge in [-0.15, -0.1) is 0 Å². The van der Waals surface area contributed by atoms with Gasteiger partial charge in [0.1, 0.15) is 30.6 Å². The van der Waals surface area contributed by atoms with Crippen LogP contribution in [-0.2, 0) is 22.4 Å². The molecule has 1 aromatic carbocycles. The van der Waals surface area contributed by atoms with E-state index in [-0.39, 0.29) is 6.61 Å². The Morgan fingerprint density at radius 2 is 1.98 bits per heavy atom. The Morgan fingerprint density at radius 3 is 2.78 bits per heavy atom. The molecule has 9 nitrogen and oxygen atoms in total. The number of hydrogen-bond donors (Lipinski definition) is 3. The molecular weight excluding hydrogens is 530 g/mol. The predicted octanol–water partition coefficient (Wildman–Crippen LogP) is 4.76. The van der Waals surface area contributed by atoms with E-state index in [0.717, 1.165) is 55.7 Å². The Balaban J connectivity index is 1.33. The van der Waals surface area contributed by atoms with Crippen molar-refractivity contribution < 1.29 is 23.4 Å². The molecule has 3 aromatic rings. The summed E-state index contributed by atoms with van der Waals surface area (Å²) in [5.74, 6) is 0.430. The van der Waals surface area contributed by atoms with Crippen molar-refractivity contribution in [1.82, 2.24) is 19.9 Å². The Bertz CT molecular complexity index is 1230. The molecule has 0 saturated heterocycles. The number of aliphatic carboxylic acids is 1. The van der Waals surface area contributed by atoms with Gasteiger partial charge in [-0.3, -0.25) is 0 Å². The number of carbonyl (C=O) groups is 1. The molecule has 41 heavy (non-hydrogen) atoms. The number of hydrogen-bond acceptors (Lipinski definition) is 8. The van der Waals surface area contributed by atoms with Gasteiger partial charge in [-0.1, -0.05) is 36.4 Å². The van der Waals surface area contributed by atoms with Gasteiger partial charge in [0.25, 0.3) is 6.43 Å². The zero-order valence-corrected chi connectivity index (χ0v) is 23.1. The van der Waals surface area contributed by atoms with Crippen molar-refractivity contribution in [2.75, 3.05) is 50.0 Å². The standard InChI is InChI=1S/C30H38F2N6O3/c31-27(32)20-41-18-17-38(15-5-4-10-24-12-11-23-9-6-14-34-28(23)36-24)16-13-26(30(39)40)37-29-25(19-33-21-35-29)22-7-2-1-3-8-22/h1-3,7-8,11-12,19,21,26-27H,4-6,9-10,13-18,20H2,(H,34,36)(H,39,40)(H,33,35,37)/t26-/m0/s1. The number of pyridine rings is 1. The molecule has 0 aliphatic carbocycles. The number of unbranched alkanes of at least 4 members (excludes halogenated alkanes) is 1. The van der Waals surface area contributed by atoms with Crippen molar-refractivity contribution in [1.29, 1.82) is 0 Å². The molecule has 0 amide bonds. The van der Waals surface area contributed by atoms with Gasteiger partial charge >= 0.3 is 5.97 Å². The quantitative estimate of drug-likeness (QED) is 0.199.